The largest absolute Gasteiger partial charge is 0.497 e. The van der Waals surface area contributed by atoms with Crippen LogP contribution in [0.2, 0.25) is 5.02 Å². The Hall–Kier alpha value is -4.50. The van der Waals surface area contributed by atoms with Gasteiger partial charge in [-0.25, -0.2) is 14.2 Å². The number of benzene rings is 3. The molecule has 1 aliphatic rings. The minimum Gasteiger partial charge on any atom is -0.497 e. The Morgan fingerprint density at radius 3 is 1.98 bits per heavy atom. The van der Waals surface area contributed by atoms with E-state index in [1.807, 2.05) is 61.5 Å². The van der Waals surface area contributed by atoms with E-state index in [9.17, 15) is 4.79 Å². The molecule has 6 rings (SSSR count). The molecule has 2 aromatic heterocycles. The number of carbonyl (C=O) groups is 1. The van der Waals surface area contributed by atoms with Crippen molar-refractivity contribution < 1.29 is 27.8 Å². The molecule has 3 aromatic carbocycles. The molecule has 0 atom stereocenters. The van der Waals surface area contributed by atoms with Gasteiger partial charge in [0.1, 0.15) is 34.3 Å². The minimum absolute atomic E-state index is 0.0150. The molecule has 14 heteroatoms. The summed E-state index contributed by atoms with van der Waals surface area (Å²) in [6, 6.07) is 19.1. The maximum atomic E-state index is 16.8. The number of halogens is 4. The molecule has 5 aromatic rings. The van der Waals surface area contributed by atoms with E-state index in [2.05, 4.69) is 37.5 Å². The molecule has 1 amide bonds. The molecule has 1 saturated heterocycles. The van der Waals surface area contributed by atoms with Gasteiger partial charge in [-0.05, 0) is 103 Å². The van der Waals surface area contributed by atoms with E-state index in [0.717, 1.165) is 28.2 Å². The van der Waals surface area contributed by atoms with Gasteiger partial charge in [0.15, 0.2) is 5.82 Å². The quantitative estimate of drug-likeness (QED) is 0.107. The number of nitrogens with zero attached hydrogens (tertiary/aromatic N) is 6. The molecule has 0 bridgehead atoms. The van der Waals surface area contributed by atoms with E-state index in [4.69, 9.17) is 30.8 Å². The third kappa shape index (κ3) is 8.67. The average molecular weight is 857 g/mol. The van der Waals surface area contributed by atoms with Crippen LogP contribution in [0.15, 0.2) is 60.7 Å². The first kappa shape index (κ1) is 38.2. The number of aryl methyl sites for hydroxylation is 1. The molecular weight excluding hydrogens is 817 g/mol. The van der Waals surface area contributed by atoms with Crippen LogP contribution in [-0.2, 0) is 17.8 Å². The highest BCUT2D eigenvalue weighted by Crippen LogP contribution is 2.41. The molecule has 0 spiro atoms. The Labute approximate surface area is 326 Å². The van der Waals surface area contributed by atoms with E-state index in [1.165, 1.54) is 0 Å². The fourth-order valence-electron chi connectivity index (χ4n) is 6.13. The standard InChI is InChI=1S/C39H40ClF2IN6O4/c1-23-19-30(49(21-24-7-11-26(51-5)12-8-24)22-25-9-13-27(52-6)14-10-25)44-35(33(23)43)31-29(40)20-28-34(32(31)41)45-37(42)46-36(28)47-15-17-48(18-16-47)38(50)53-39(2,3)4/h7-14,19-20H,15-18,21-22H2,1-6H3. The third-order valence-electron chi connectivity index (χ3n) is 8.82. The first-order valence-corrected chi connectivity index (χ1v) is 18.5. The molecule has 3 heterocycles. The Morgan fingerprint density at radius 2 is 1.45 bits per heavy atom. The maximum absolute atomic E-state index is 16.8. The number of methoxy groups -OCH3 is 2. The van der Waals surface area contributed by atoms with Crippen LogP contribution in [0.5, 0.6) is 11.5 Å². The summed E-state index contributed by atoms with van der Waals surface area (Å²) in [6.45, 7) is 9.59. The van der Waals surface area contributed by atoms with Crippen molar-refractivity contribution in [3.63, 3.8) is 0 Å². The molecule has 0 N–H and O–H groups in total. The van der Waals surface area contributed by atoms with E-state index < -0.39 is 23.6 Å². The number of hydrogen-bond acceptors (Lipinski definition) is 9. The van der Waals surface area contributed by atoms with Crippen LogP contribution >= 0.6 is 34.2 Å². The summed E-state index contributed by atoms with van der Waals surface area (Å²) in [7, 11) is 3.25. The highest BCUT2D eigenvalue weighted by atomic mass is 127. The van der Waals surface area contributed by atoms with E-state index in [1.54, 1.807) is 50.9 Å². The summed E-state index contributed by atoms with van der Waals surface area (Å²) in [5.41, 5.74) is 2.36. The monoisotopic (exact) mass is 856 g/mol. The van der Waals surface area contributed by atoms with Gasteiger partial charge < -0.3 is 28.9 Å². The zero-order valence-electron chi connectivity index (χ0n) is 30.3. The predicted octanol–water partition coefficient (Wildman–Crippen LogP) is 8.82. The van der Waals surface area contributed by atoms with E-state index in [-0.39, 0.29) is 27.3 Å². The second-order valence-corrected chi connectivity index (χ2v) is 15.2. The smallest absolute Gasteiger partial charge is 0.410 e. The van der Waals surface area contributed by atoms with Gasteiger partial charge in [-0.3, -0.25) is 0 Å². The summed E-state index contributed by atoms with van der Waals surface area (Å²) < 4.78 is 48.9. The van der Waals surface area contributed by atoms with Crippen molar-refractivity contribution >= 4 is 62.8 Å². The highest BCUT2D eigenvalue weighted by Gasteiger charge is 2.30. The number of fused-ring (bicyclic) bond motifs is 1. The summed E-state index contributed by atoms with van der Waals surface area (Å²) in [4.78, 5) is 31.1. The summed E-state index contributed by atoms with van der Waals surface area (Å²) in [5, 5.41) is 0.338. The number of ether oxygens (including phenoxy) is 3. The molecule has 1 fully saturated rings. The molecule has 278 valence electrons. The van der Waals surface area contributed by atoms with Crippen molar-refractivity contribution in [2.75, 3.05) is 50.2 Å². The molecule has 53 heavy (non-hydrogen) atoms. The van der Waals surface area contributed by atoms with E-state index >= 15 is 8.78 Å². The minimum atomic E-state index is -1.08. The van der Waals surface area contributed by atoms with Crippen LogP contribution < -0.4 is 19.3 Å². The Morgan fingerprint density at radius 1 is 0.887 bits per heavy atom. The Bertz CT molecular complexity index is 2080. The van der Waals surface area contributed by atoms with Crippen LogP contribution in [0.25, 0.3) is 22.2 Å². The Kier molecular flexibility index (Phi) is 11.4. The van der Waals surface area contributed by atoms with Crippen molar-refractivity contribution in [1.29, 1.82) is 0 Å². The number of hydrogen-bond donors (Lipinski definition) is 0. The number of rotatable bonds is 9. The maximum Gasteiger partial charge on any atom is 0.410 e. The van der Waals surface area contributed by atoms with Gasteiger partial charge in [0.2, 0.25) is 0 Å². The van der Waals surface area contributed by atoms with Gasteiger partial charge >= 0.3 is 12.2 Å². The fraction of sp³-hybridized carbons (Fsp3) is 0.333. The molecule has 0 radical (unpaired) electrons. The highest BCUT2D eigenvalue weighted by molar-refractivity contribution is 14.1. The van der Waals surface area contributed by atoms with Crippen LogP contribution in [0.4, 0.5) is 25.2 Å². The zero-order chi connectivity index (χ0) is 38.0. The first-order valence-electron chi connectivity index (χ1n) is 17.0. The van der Waals surface area contributed by atoms with E-state index in [0.29, 0.717) is 54.4 Å². The number of anilines is 2. The SMILES string of the molecule is COc1ccc(CN(Cc2ccc(OC)cc2)c2cc(C)c(I)c(-c3c(Cl)cc4c(N5CCN(C(=O)OC(C)(C)C)CC5)nc(F)nc4c3F)n2)cc1. The summed E-state index contributed by atoms with van der Waals surface area (Å²) in [5.74, 6) is 1.47. The molecule has 10 nitrogen and oxygen atoms in total. The lowest BCUT2D eigenvalue weighted by molar-refractivity contribution is 0.0240. The normalized spacial score (nSPS) is 13.3. The lowest BCUT2D eigenvalue weighted by Crippen LogP contribution is -2.50. The van der Waals surface area contributed by atoms with Gasteiger partial charge in [0.05, 0.1) is 30.5 Å². The van der Waals surface area contributed by atoms with Crippen LogP contribution in [0.1, 0.15) is 37.5 Å². The van der Waals surface area contributed by atoms with Crippen molar-refractivity contribution in [1.82, 2.24) is 19.9 Å². The summed E-state index contributed by atoms with van der Waals surface area (Å²) in [6.07, 6.45) is -1.51. The predicted molar refractivity (Wildman–Crippen MR) is 211 cm³/mol. The topological polar surface area (TPSA) is 93.2 Å². The van der Waals surface area contributed by atoms with Crippen molar-refractivity contribution in [3.8, 4) is 22.8 Å². The zero-order valence-corrected chi connectivity index (χ0v) is 33.3. The van der Waals surface area contributed by atoms with Crippen LogP contribution in [0, 0.1) is 22.4 Å². The molecule has 0 aliphatic carbocycles. The third-order valence-corrected chi connectivity index (χ3v) is 10.5. The average Bonchev–Trinajstić information content (AvgIpc) is 3.13. The summed E-state index contributed by atoms with van der Waals surface area (Å²) >= 11 is 9.08. The second kappa shape index (κ2) is 15.8. The van der Waals surface area contributed by atoms with Crippen LogP contribution in [0.3, 0.4) is 0 Å². The Balaban J connectivity index is 1.38. The van der Waals surface area contributed by atoms with Gasteiger partial charge in [0.25, 0.3) is 0 Å². The van der Waals surface area contributed by atoms with Crippen molar-refractivity contribution in [2.24, 2.45) is 0 Å². The van der Waals surface area contributed by atoms with Gasteiger partial charge in [0, 0.05) is 48.2 Å². The second-order valence-electron chi connectivity index (χ2n) is 13.7. The fourth-order valence-corrected chi connectivity index (χ4v) is 6.95. The van der Waals surface area contributed by atoms with Crippen molar-refractivity contribution in [3.05, 3.63) is 97.8 Å². The number of aromatic nitrogens is 3. The lowest BCUT2D eigenvalue weighted by Gasteiger charge is -2.36. The molecule has 0 saturated carbocycles. The first-order chi connectivity index (χ1) is 25.2. The lowest BCUT2D eigenvalue weighted by atomic mass is 10.0. The number of piperazine rings is 1. The van der Waals surface area contributed by atoms with Gasteiger partial charge in [-0.15, -0.1) is 0 Å². The van der Waals surface area contributed by atoms with Crippen molar-refractivity contribution in [2.45, 2.75) is 46.4 Å². The molecule has 0 unspecified atom stereocenters. The van der Waals surface area contributed by atoms with Gasteiger partial charge in [-0.2, -0.15) is 14.4 Å². The van der Waals surface area contributed by atoms with Gasteiger partial charge in [-0.1, -0.05) is 35.9 Å². The molecular formula is C39H40ClF2IN6O4. The van der Waals surface area contributed by atoms with Crippen LogP contribution in [-0.4, -0.2) is 71.9 Å². The number of amides is 1. The number of carbonyl (C=O) groups excluding carboxylic acids is 1. The number of pyridine rings is 1. The molecule has 1 aliphatic heterocycles.